The number of morpholine rings is 1. The van der Waals surface area contributed by atoms with Gasteiger partial charge in [-0.2, -0.15) is 0 Å². The van der Waals surface area contributed by atoms with Crippen molar-refractivity contribution in [2.75, 3.05) is 79.2 Å². The third-order valence-electron chi connectivity index (χ3n) is 6.90. The van der Waals surface area contributed by atoms with Crippen molar-refractivity contribution >= 4 is 11.9 Å². The van der Waals surface area contributed by atoms with Crippen LogP contribution < -0.4 is 5.32 Å². The van der Waals surface area contributed by atoms with Gasteiger partial charge in [0.1, 0.15) is 0 Å². The van der Waals surface area contributed by atoms with Gasteiger partial charge in [0, 0.05) is 72.0 Å². The predicted octanol–water partition coefficient (Wildman–Crippen LogP) is 0.547. The number of nitrogens with zero attached hydrogens (tertiary/aromatic N) is 5. The minimum Gasteiger partial charge on any atom is -0.379 e. The maximum Gasteiger partial charge on any atom is 0.239 e. The highest BCUT2D eigenvalue weighted by molar-refractivity contribution is 5.82. The second-order valence-electron chi connectivity index (χ2n) is 9.12. The van der Waals surface area contributed by atoms with Gasteiger partial charge < -0.3 is 19.9 Å². The van der Waals surface area contributed by atoms with Crippen LogP contribution >= 0.6 is 0 Å². The summed E-state index contributed by atoms with van der Waals surface area (Å²) < 4.78 is 5.52. The molecule has 8 heteroatoms. The second kappa shape index (κ2) is 11.3. The Labute approximate surface area is 182 Å². The summed E-state index contributed by atoms with van der Waals surface area (Å²) in [5, 5.41) is 3.63. The topological polar surface area (TPSA) is 63.7 Å². The molecule has 0 saturated carbocycles. The lowest BCUT2D eigenvalue weighted by atomic mass is 10.0. The number of ether oxygens (including phenoxy) is 1. The zero-order chi connectivity index (χ0) is 21.5. The van der Waals surface area contributed by atoms with Crippen LogP contribution in [-0.4, -0.2) is 123 Å². The lowest BCUT2D eigenvalue weighted by Crippen LogP contribution is -2.58. The van der Waals surface area contributed by atoms with E-state index in [0.717, 1.165) is 90.9 Å². The largest absolute Gasteiger partial charge is 0.379 e. The van der Waals surface area contributed by atoms with E-state index in [1.807, 2.05) is 11.9 Å². The molecule has 30 heavy (non-hydrogen) atoms. The third-order valence-corrected chi connectivity index (χ3v) is 6.90. The SMILES string of the molecule is CN=C(NCC(C(C)C)N1CCOCC1)N1CCN(C(C)C(=O)N2CCCC2)CC1. The Morgan fingerprint density at radius 1 is 0.900 bits per heavy atom. The van der Waals surface area contributed by atoms with Crippen molar-refractivity contribution in [1.29, 1.82) is 0 Å². The average molecular weight is 423 g/mol. The van der Waals surface area contributed by atoms with Crippen LogP contribution in [0.3, 0.4) is 0 Å². The zero-order valence-electron chi connectivity index (χ0n) is 19.5. The highest BCUT2D eigenvalue weighted by Crippen LogP contribution is 2.15. The highest BCUT2D eigenvalue weighted by Gasteiger charge is 2.31. The molecule has 3 fully saturated rings. The average Bonchev–Trinajstić information content (AvgIpc) is 3.31. The molecule has 3 rings (SSSR count). The number of piperazine rings is 1. The molecule has 0 radical (unpaired) electrons. The molecule has 0 aromatic heterocycles. The summed E-state index contributed by atoms with van der Waals surface area (Å²) in [6, 6.07) is 0.455. The summed E-state index contributed by atoms with van der Waals surface area (Å²) in [7, 11) is 1.87. The Morgan fingerprint density at radius 2 is 1.53 bits per heavy atom. The molecular weight excluding hydrogens is 380 g/mol. The van der Waals surface area contributed by atoms with Crippen molar-refractivity contribution in [1.82, 2.24) is 24.9 Å². The van der Waals surface area contributed by atoms with E-state index in [1.165, 1.54) is 0 Å². The summed E-state index contributed by atoms with van der Waals surface area (Å²) in [4.78, 5) is 26.5. The van der Waals surface area contributed by atoms with E-state index < -0.39 is 0 Å². The maximum atomic E-state index is 12.7. The van der Waals surface area contributed by atoms with Gasteiger partial charge in [-0.05, 0) is 25.7 Å². The number of likely N-dealkylation sites (tertiary alicyclic amines) is 1. The molecule has 2 unspecified atom stereocenters. The number of hydrogen-bond acceptors (Lipinski definition) is 5. The number of amides is 1. The van der Waals surface area contributed by atoms with Crippen molar-refractivity contribution in [2.24, 2.45) is 10.9 Å². The van der Waals surface area contributed by atoms with Gasteiger partial charge in [-0.15, -0.1) is 0 Å². The molecule has 8 nitrogen and oxygen atoms in total. The molecule has 0 spiro atoms. The van der Waals surface area contributed by atoms with Crippen LogP contribution in [0.2, 0.25) is 0 Å². The van der Waals surface area contributed by atoms with Crippen LogP contribution in [0.1, 0.15) is 33.6 Å². The predicted molar refractivity (Wildman–Crippen MR) is 121 cm³/mol. The quantitative estimate of drug-likeness (QED) is 0.498. The van der Waals surface area contributed by atoms with Crippen molar-refractivity contribution in [3.8, 4) is 0 Å². The molecule has 3 heterocycles. The van der Waals surface area contributed by atoms with Crippen LogP contribution in [0.4, 0.5) is 0 Å². The number of guanidine groups is 1. The van der Waals surface area contributed by atoms with Gasteiger partial charge in [0.15, 0.2) is 5.96 Å². The first-order chi connectivity index (χ1) is 14.5. The smallest absolute Gasteiger partial charge is 0.239 e. The van der Waals surface area contributed by atoms with Crippen LogP contribution in [-0.2, 0) is 9.53 Å². The number of carbonyl (C=O) groups is 1. The first-order valence-electron chi connectivity index (χ1n) is 11.8. The Morgan fingerprint density at radius 3 is 2.10 bits per heavy atom. The van der Waals surface area contributed by atoms with Gasteiger partial charge in [0.2, 0.25) is 5.91 Å². The van der Waals surface area contributed by atoms with E-state index >= 15 is 0 Å². The number of nitrogens with one attached hydrogen (secondary N) is 1. The van der Waals surface area contributed by atoms with E-state index in [2.05, 4.69) is 45.8 Å². The van der Waals surface area contributed by atoms with E-state index in [-0.39, 0.29) is 6.04 Å². The molecule has 1 N–H and O–H groups in total. The van der Waals surface area contributed by atoms with Crippen molar-refractivity contribution < 1.29 is 9.53 Å². The van der Waals surface area contributed by atoms with Gasteiger partial charge in [-0.3, -0.25) is 19.6 Å². The van der Waals surface area contributed by atoms with Crippen molar-refractivity contribution in [3.63, 3.8) is 0 Å². The van der Waals surface area contributed by atoms with Crippen molar-refractivity contribution in [3.05, 3.63) is 0 Å². The lowest BCUT2D eigenvalue weighted by Gasteiger charge is -2.41. The van der Waals surface area contributed by atoms with Gasteiger partial charge in [0.05, 0.1) is 19.3 Å². The Balaban J connectivity index is 1.47. The summed E-state index contributed by atoms with van der Waals surface area (Å²) in [6.45, 7) is 16.7. The maximum absolute atomic E-state index is 12.7. The van der Waals surface area contributed by atoms with E-state index in [0.29, 0.717) is 17.9 Å². The summed E-state index contributed by atoms with van der Waals surface area (Å²) in [6.07, 6.45) is 2.30. The molecule has 172 valence electrons. The molecule has 0 aromatic rings. The molecule has 1 amide bonds. The van der Waals surface area contributed by atoms with Crippen LogP contribution in [0.15, 0.2) is 4.99 Å². The fraction of sp³-hybridized carbons (Fsp3) is 0.909. The zero-order valence-corrected chi connectivity index (χ0v) is 19.5. The second-order valence-corrected chi connectivity index (χ2v) is 9.12. The molecule has 0 bridgehead atoms. The summed E-state index contributed by atoms with van der Waals surface area (Å²) in [5.41, 5.74) is 0. The Bertz CT molecular complexity index is 564. The van der Waals surface area contributed by atoms with Gasteiger partial charge in [0.25, 0.3) is 0 Å². The highest BCUT2D eigenvalue weighted by atomic mass is 16.5. The fourth-order valence-corrected chi connectivity index (χ4v) is 4.90. The van der Waals surface area contributed by atoms with E-state index in [9.17, 15) is 4.79 Å². The minimum atomic E-state index is -0.0214. The molecule has 3 aliphatic rings. The van der Waals surface area contributed by atoms with Crippen molar-refractivity contribution in [2.45, 2.75) is 45.7 Å². The molecule has 3 aliphatic heterocycles. The molecule has 0 aromatic carbocycles. The Hall–Kier alpha value is -1.38. The number of rotatable bonds is 6. The fourth-order valence-electron chi connectivity index (χ4n) is 4.90. The first-order valence-corrected chi connectivity index (χ1v) is 11.8. The lowest BCUT2D eigenvalue weighted by molar-refractivity contribution is -0.135. The van der Waals surface area contributed by atoms with Gasteiger partial charge in [-0.1, -0.05) is 13.8 Å². The minimum absolute atomic E-state index is 0.0214. The van der Waals surface area contributed by atoms with E-state index in [4.69, 9.17) is 4.74 Å². The Kier molecular flexibility index (Phi) is 8.77. The summed E-state index contributed by atoms with van der Waals surface area (Å²) in [5.74, 6) is 1.85. The first kappa shape index (κ1) is 23.3. The third kappa shape index (κ3) is 5.86. The van der Waals surface area contributed by atoms with Crippen LogP contribution in [0.25, 0.3) is 0 Å². The van der Waals surface area contributed by atoms with Crippen LogP contribution in [0.5, 0.6) is 0 Å². The normalized spacial score (nSPS) is 24.4. The number of aliphatic imine (C=N–C) groups is 1. The number of hydrogen-bond donors (Lipinski definition) is 1. The van der Waals surface area contributed by atoms with Gasteiger partial charge in [-0.25, -0.2) is 0 Å². The molecular formula is C22H42N6O2. The molecule has 2 atom stereocenters. The van der Waals surface area contributed by atoms with Crippen LogP contribution in [0, 0.1) is 5.92 Å². The summed E-state index contributed by atoms with van der Waals surface area (Å²) >= 11 is 0. The van der Waals surface area contributed by atoms with Gasteiger partial charge >= 0.3 is 0 Å². The monoisotopic (exact) mass is 422 g/mol. The molecule has 0 aliphatic carbocycles. The van der Waals surface area contributed by atoms with E-state index in [1.54, 1.807) is 0 Å². The molecule has 3 saturated heterocycles. The number of carbonyl (C=O) groups excluding carboxylic acids is 1. The standard InChI is InChI=1S/C22H42N6O2/c1-18(2)20(26-13-15-30-16-14-26)17-24-22(23-4)28-11-9-25(10-12-28)19(3)21(29)27-7-5-6-8-27/h18-20H,5-17H2,1-4H3,(H,23,24).